The molecule has 0 radical (unpaired) electrons. The smallest absolute Gasteiger partial charge is 0.419 e. The molecule has 180 valence electrons. The first-order chi connectivity index (χ1) is 15.3. The van der Waals surface area contributed by atoms with Crippen LogP contribution in [0.4, 0.5) is 9.59 Å². The molecule has 2 fully saturated rings. The molecule has 0 saturated heterocycles. The molecule has 4 rings (SSSR count). The van der Waals surface area contributed by atoms with Crippen LogP contribution in [0.25, 0.3) is 11.0 Å². The van der Waals surface area contributed by atoms with Crippen molar-refractivity contribution >= 4 is 34.8 Å². The number of hydrogen-bond acceptors (Lipinski definition) is 6. The van der Waals surface area contributed by atoms with Crippen LogP contribution in [0.2, 0.25) is 5.15 Å². The third kappa shape index (κ3) is 5.60. The summed E-state index contributed by atoms with van der Waals surface area (Å²) in [6.45, 7) is 10.9. The van der Waals surface area contributed by atoms with Gasteiger partial charge in [0.15, 0.2) is 5.65 Å². The number of hydrogen-bond donors (Lipinski definition) is 0. The lowest BCUT2D eigenvalue weighted by atomic mass is 9.80. The van der Waals surface area contributed by atoms with Crippen molar-refractivity contribution in [3.63, 3.8) is 0 Å². The molecule has 2 aromatic heterocycles. The lowest BCUT2D eigenvalue weighted by Crippen LogP contribution is -2.47. The molecule has 2 aromatic rings. The van der Waals surface area contributed by atoms with E-state index < -0.39 is 23.4 Å². The summed E-state index contributed by atoms with van der Waals surface area (Å²) in [5.41, 5.74) is 0.487. The van der Waals surface area contributed by atoms with Gasteiger partial charge in [-0.05, 0) is 85.3 Å². The van der Waals surface area contributed by atoms with Crippen LogP contribution in [0.3, 0.4) is 0 Å². The Labute approximate surface area is 199 Å². The van der Waals surface area contributed by atoms with Gasteiger partial charge >= 0.3 is 12.2 Å². The van der Waals surface area contributed by atoms with E-state index in [0.29, 0.717) is 11.1 Å². The summed E-state index contributed by atoms with van der Waals surface area (Å²) in [7, 11) is 0. The topological polar surface area (TPSA) is 86.5 Å². The number of ether oxygens (including phenoxy) is 2. The minimum Gasteiger partial charge on any atom is -0.443 e. The molecular formula is C24H33ClN4O4. The van der Waals surface area contributed by atoms with Gasteiger partial charge in [-0.3, -0.25) is 0 Å². The minimum atomic E-state index is -0.711. The van der Waals surface area contributed by atoms with Crippen LogP contribution in [-0.4, -0.2) is 49.6 Å². The van der Waals surface area contributed by atoms with Crippen molar-refractivity contribution in [1.82, 2.24) is 19.7 Å². The number of amides is 2. The molecule has 2 aliphatic carbocycles. The van der Waals surface area contributed by atoms with Gasteiger partial charge in [-0.15, -0.1) is 0 Å². The predicted octanol–water partition coefficient (Wildman–Crippen LogP) is 6.09. The number of aromatic nitrogens is 3. The first-order valence-corrected chi connectivity index (χ1v) is 12.0. The summed E-state index contributed by atoms with van der Waals surface area (Å²) in [5.74, 6) is 0.625. The van der Waals surface area contributed by atoms with Crippen LogP contribution in [0.1, 0.15) is 84.9 Å². The molecule has 0 aliphatic heterocycles. The van der Waals surface area contributed by atoms with Crippen LogP contribution in [0.5, 0.6) is 0 Å². The summed E-state index contributed by atoms with van der Waals surface area (Å²) in [6.07, 6.45) is 2.49. The zero-order chi connectivity index (χ0) is 24.1. The van der Waals surface area contributed by atoms with E-state index in [1.54, 1.807) is 41.5 Å². The average molecular weight is 477 g/mol. The highest BCUT2D eigenvalue weighted by Gasteiger charge is 2.40. The van der Waals surface area contributed by atoms with Gasteiger partial charge in [-0.2, -0.15) is 5.10 Å². The van der Waals surface area contributed by atoms with E-state index in [9.17, 15) is 9.59 Å². The Morgan fingerprint density at radius 2 is 1.64 bits per heavy atom. The zero-order valence-electron chi connectivity index (χ0n) is 20.2. The Hall–Kier alpha value is -2.35. The number of halogens is 1. The maximum Gasteiger partial charge on any atom is 0.419 e. The van der Waals surface area contributed by atoms with E-state index in [1.165, 1.54) is 0 Å². The van der Waals surface area contributed by atoms with Gasteiger partial charge in [0.25, 0.3) is 0 Å². The van der Waals surface area contributed by atoms with Gasteiger partial charge in [-0.1, -0.05) is 11.6 Å². The monoisotopic (exact) mass is 476 g/mol. The van der Waals surface area contributed by atoms with Crippen molar-refractivity contribution in [2.75, 3.05) is 6.54 Å². The minimum absolute atomic E-state index is 0.123. The second-order valence-electron chi connectivity index (χ2n) is 11.2. The third-order valence-electron chi connectivity index (χ3n) is 5.74. The molecule has 2 aliphatic rings. The molecule has 2 heterocycles. The molecule has 0 unspecified atom stereocenters. The van der Waals surface area contributed by atoms with Crippen molar-refractivity contribution in [3.05, 3.63) is 23.0 Å². The molecule has 33 heavy (non-hydrogen) atoms. The van der Waals surface area contributed by atoms with Crippen molar-refractivity contribution in [2.45, 2.75) is 90.4 Å². The Morgan fingerprint density at radius 1 is 1.06 bits per heavy atom. The Morgan fingerprint density at radius 3 is 2.15 bits per heavy atom. The second kappa shape index (κ2) is 8.46. The third-order valence-corrected chi connectivity index (χ3v) is 5.95. The Kier molecular flexibility index (Phi) is 6.10. The molecule has 2 saturated carbocycles. The van der Waals surface area contributed by atoms with Crippen molar-refractivity contribution in [2.24, 2.45) is 5.92 Å². The highest BCUT2D eigenvalue weighted by molar-refractivity contribution is 6.29. The van der Waals surface area contributed by atoms with E-state index in [-0.39, 0.29) is 18.5 Å². The lowest BCUT2D eigenvalue weighted by Gasteiger charge is -2.38. The number of rotatable bonds is 4. The molecule has 0 spiro atoms. The SMILES string of the molecule is CC(C)(C)OC(=O)N(CC1CC(n2nc(C3CC3)c3ccc(Cl)nc32)C1)C(=O)OC(C)(C)C. The molecule has 8 nitrogen and oxygen atoms in total. The fourth-order valence-electron chi connectivity index (χ4n) is 4.10. The number of pyridine rings is 1. The van der Waals surface area contributed by atoms with E-state index in [0.717, 1.165) is 47.3 Å². The van der Waals surface area contributed by atoms with Gasteiger partial charge in [-0.25, -0.2) is 24.2 Å². The van der Waals surface area contributed by atoms with Crippen LogP contribution in [0, 0.1) is 5.92 Å². The van der Waals surface area contributed by atoms with Gasteiger partial charge < -0.3 is 9.47 Å². The van der Waals surface area contributed by atoms with Crippen LogP contribution in [-0.2, 0) is 9.47 Å². The molecule has 9 heteroatoms. The van der Waals surface area contributed by atoms with Crippen molar-refractivity contribution in [1.29, 1.82) is 0 Å². The lowest BCUT2D eigenvalue weighted by molar-refractivity contribution is -0.00632. The van der Waals surface area contributed by atoms with E-state index >= 15 is 0 Å². The number of carbonyl (C=O) groups excluding carboxylic acids is 2. The summed E-state index contributed by atoms with van der Waals surface area (Å²) < 4.78 is 12.9. The Balaban J connectivity index is 1.48. The summed E-state index contributed by atoms with van der Waals surface area (Å²) in [4.78, 5) is 31.2. The highest BCUT2D eigenvalue weighted by atomic mass is 35.5. The van der Waals surface area contributed by atoms with E-state index in [1.807, 2.05) is 16.8 Å². The van der Waals surface area contributed by atoms with Crippen molar-refractivity contribution < 1.29 is 19.1 Å². The van der Waals surface area contributed by atoms with Gasteiger partial charge in [0.2, 0.25) is 0 Å². The summed E-state index contributed by atoms with van der Waals surface area (Å²) >= 11 is 6.17. The fraction of sp³-hybridized carbons (Fsp3) is 0.667. The number of fused-ring (bicyclic) bond motifs is 1. The summed E-state index contributed by atoms with van der Waals surface area (Å²) in [5, 5.41) is 6.41. The van der Waals surface area contributed by atoms with Gasteiger partial charge in [0.05, 0.1) is 11.7 Å². The molecule has 0 N–H and O–H groups in total. The van der Waals surface area contributed by atoms with Gasteiger partial charge in [0.1, 0.15) is 16.4 Å². The molecule has 0 atom stereocenters. The largest absolute Gasteiger partial charge is 0.443 e. The molecule has 0 aromatic carbocycles. The molecule has 0 bridgehead atoms. The maximum atomic E-state index is 12.8. The normalized spacial score (nSPS) is 20.9. The maximum absolute atomic E-state index is 12.8. The van der Waals surface area contributed by atoms with Crippen LogP contribution in [0.15, 0.2) is 12.1 Å². The zero-order valence-corrected chi connectivity index (χ0v) is 21.0. The highest BCUT2D eigenvalue weighted by Crippen LogP contribution is 2.45. The summed E-state index contributed by atoms with van der Waals surface area (Å²) in [6, 6.07) is 3.96. The van der Waals surface area contributed by atoms with E-state index in [2.05, 4.69) is 4.98 Å². The first kappa shape index (κ1) is 23.8. The number of carbonyl (C=O) groups is 2. The van der Waals surface area contributed by atoms with E-state index in [4.69, 9.17) is 26.2 Å². The standard InChI is InChI=1S/C24H33ClN4O4/c1-23(2,3)32-21(30)28(22(31)33-24(4,5)6)13-14-11-16(12-14)29-20-17(9-10-18(25)26-20)19(27-29)15-7-8-15/h9-10,14-16H,7-8,11-13H2,1-6H3. The second-order valence-corrected chi connectivity index (χ2v) is 11.6. The predicted molar refractivity (Wildman–Crippen MR) is 125 cm³/mol. The van der Waals surface area contributed by atoms with Crippen LogP contribution >= 0.6 is 11.6 Å². The quantitative estimate of drug-likeness (QED) is 0.496. The fourth-order valence-corrected chi connectivity index (χ4v) is 4.24. The van der Waals surface area contributed by atoms with Gasteiger partial charge in [0, 0.05) is 17.8 Å². The van der Waals surface area contributed by atoms with Crippen LogP contribution < -0.4 is 0 Å². The number of imide groups is 1. The number of nitrogens with zero attached hydrogens (tertiary/aromatic N) is 4. The first-order valence-electron chi connectivity index (χ1n) is 11.6. The molecule has 2 amide bonds. The Bertz CT molecular complexity index is 1030. The van der Waals surface area contributed by atoms with Crippen molar-refractivity contribution in [3.8, 4) is 0 Å². The molecular weight excluding hydrogens is 444 g/mol. The average Bonchev–Trinajstić information content (AvgIpc) is 3.40.